The second-order valence-corrected chi connectivity index (χ2v) is 8.92. The minimum Gasteiger partial charge on any atom is -0.448 e. The molecule has 2 aromatic heterocycles. The summed E-state index contributed by atoms with van der Waals surface area (Å²) in [6, 6.07) is 7.48. The number of nitrogens with zero attached hydrogens (tertiary/aromatic N) is 3. The molecule has 0 unspecified atom stereocenters. The van der Waals surface area contributed by atoms with Gasteiger partial charge >= 0.3 is 5.97 Å². The molecule has 1 saturated carbocycles. The molecule has 0 radical (unpaired) electrons. The molecule has 182 valence electrons. The third-order valence-corrected chi connectivity index (χ3v) is 6.03. The number of primary amides is 1. The number of nitrogens with one attached hydrogen (secondary N) is 1. The number of aromatic amines is 1. The lowest BCUT2D eigenvalue weighted by Gasteiger charge is -2.35. The number of H-pyrrole nitrogens is 1. The molecule has 5 rings (SSSR count). The Morgan fingerprint density at radius 3 is 2.43 bits per heavy atom. The number of amides is 1. The summed E-state index contributed by atoms with van der Waals surface area (Å²) >= 11 is 0. The molecule has 5 N–H and O–H groups in total. The normalized spacial score (nSPS) is 23.0. The number of hydrogen-bond donors (Lipinski definition) is 3. The number of hydrogen-bond acceptors (Lipinski definition) is 9. The van der Waals surface area contributed by atoms with Crippen molar-refractivity contribution >= 4 is 17.8 Å². The van der Waals surface area contributed by atoms with Crippen molar-refractivity contribution in [3.05, 3.63) is 48.2 Å². The Morgan fingerprint density at radius 2 is 1.83 bits per heavy atom. The maximum atomic E-state index is 13.5. The van der Waals surface area contributed by atoms with Crippen molar-refractivity contribution in [3.63, 3.8) is 0 Å². The van der Waals surface area contributed by atoms with Crippen LogP contribution in [0.2, 0.25) is 0 Å². The summed E-state index contributed by atoms with van der Waals surface area (Å²) in [5.74, 6) is -1.26. The largest absolute Gasteiger partial charge is 0.448 e. The van der Waals surface area contributed by atoms with Crippen LogP contribution in [0.5, 0.6) is 0 Å². The Labute approximate surface area is 199 Å². The molecule has 1 saturated heterocycles. The van der Waals surface area contributed by atoms with Gasteiger partial charge in [-0.2, -0.15) is 0 Å². The second kappa shape index (κ2) is 8.40. The molecule has 0 atom stereocenters. The third-order valence-electron chi connectivity index (χ3n) is 6.03. The van der Waals surface area contributed by atoms with E-state index in [0.29, 0.717) is 41.3 Å². The zero-order chi connectivity index (χ0) is 24.8. The molecule has 0 spiro atoms. The lowest BCUT2D eigenvalue weighted by molar-refractivity contribution is -0.240. The highest BCUT2D eigenvalue weighted by atomic mass is 19.1. The van der Waals surface area contributed by atoms with E-state index >= 15 is 0 Å². The third kappa shape index (κ3) is 4.33. The average Bonchev–Trinajstić information content (AvgIpc) is 3.49. The van der Waals surface area contributed by atoms with Gasteiger partial charge in [0.25, 0.3) is 5.91 Å². The lowest BCUT2D eigenvalue weighted by Crippen LogP contribution is -2.47. The predicted molar refractivity (Wildman–Crippen MR) is 119 cm³/mol. The maximum Gasteiger partial charge on any atom is 0.317 e. The molecule has 3 heterocycles. The predicted octanol–water partition coefficient (Wildman–Crippen LogP) is 1.87. The van der Waals surface area contributed by atoms with Crippen molar-refractivity contribution < 1.29 is 28.2 Å². The first-order chi connectivity index (χ1) is 16.7. The maximum absolute atomic E-state index is 13.5. The molecule has 12 heteroatoms. The number of carbonyl (C=O) groups excluding carboxylic acids is 2. The Balaban J connectivity index is 1.39. The van der Waals surface area contributed by atoms with Crippen molar-refractivity contribution in [2.45, 2.75) is 31.7 Å². The molecule has 0 bridgehead atoms. The van der Waals surface area contributed by atoms with Crippen molar-refractivity contribution in [2.75, 3.05) is 18.9 Å². The van der Waals surface area contributed by atoms with E-state index in [2.05, 4.69) is 19.9 Å². The van der Waals surface area contributed by atoms with Crippen LogP contribution in [0.15, 0.2) is 36.5 Å². The van der Waals surface area contributed by atoms with Gasteiger partial charge in [0.2, 0.25) is 12.2 Å². The Morgan fingerprint density at radius 1 is 1.14 bits per heavy atom. The molecule has 11 nitrogen and oxygen atoms in total. The van der Waals surface area contributed by atoms with Crippen molar-refractivity contribution in [1.29, 1.82) is 0 Å². The van der Waals surface area contributed by atoms with E-state index in [1.54, 1.807) is 25.1 Å². The van der Waals surface area contributed by atoms with Gasteiger partial charge in [-0.05, 0) is 37.3 Å². The van der Waals surface area contributed by atoms with Crippen LogP contribution in [0, 0.1) is 11.2 Å². The van der Waals surface area contributed by atoms with E-state index in [-0.39, 0.29) is 25.0 Å². The van der Waals surface area contributed by atoms with Gasteiger partial charge in [0.05, 0.1) is 30.3 Å². The topological polar surface area (TPSA) is 168 Å². The summed E-state index contributed by atoms with van der Waals surface area (Å²) < 4.78 is 30.6. The molecule has 1 amide bonds. The number of rotatable bonds is 6. The molecule has 2 aliphatic rings. The van der Waals surface area contributed by atoms with E-state index in [1.165, 1.54) is 18.3 Å². The first kappa shape index (κ1) is 22.9. The smallest absolute Gasteiger partial charge is 0.317 e. The first-order valence-electron chi connectivity index (χ1n) is 10.9. The van der Waals surface area contributed by atoms with Crippen LogP contribution < -0.4 is 11.5 Å². The van der Waals surface area contributed by atoms with Crippen LogP contribution in [-0.2, 0) is 23.8 Å². The summed E-state index contributed by atoms with van der Waals surface area (Å²) in [5, 5.41) is 0. The number of anilines is 1. The number of nitrogens with two attached hydrogens (primary N) is 2. The van der Waals surface area contributed by atoms with Crippen LogP contribution in [0.4, 0.5) is 10.3 Å². The fraction of sp³-hybridized carbons (Fsp3) is 0.348. The zero-order valence-corrected chi connectivity index (χ0v) is 18.8. The van der Waals surface area contributed by atoms with Gasteiger partial charge in [-0.1, -0.05) is 0 Å². The Kier molecular flexibility index (Phi) is 5.49. The van der Waals surface area contributed by atoms with Crippen molar-refractivity contribution in [3.8, 4) is 22.6 Å². The molecule has 35 heavy (non-hydrogen) atoms. The summed E-state index contributed by atoms with van der Waals surface area (Å²) in [5.41, 5.74) is 10.8. The van der Waals surface area contributed by atoms with E-state index < -0.39 is 29.2 Å². The number of benzene rings is 1. The van der Waals surface area contributed by atoms with Crippen LogP contribution in [0.25, 0.3) is 22.6 Å². The minimum atomic E-state index is -1.23. The highest BCUT2D eigenvalue weighted by Gasteiger charge is 2.55. The van der Waals surface area contributed by atoms with Gasteiger partial charge in [-0.15, -0.1) is 0 Å². The number of carbonyl (C=O) groups is 2. The molecule has 3 aromatic rings. The highest BCUT2D eigenvalue weighted by molar-refractivity contribution is 5.90. The number of ether oxygens (including phenoxy) is 3. The van der Waals surface area contributed by atoms with Crippen LogP contribution in [0.3, 0.4) is 0 Å². The number of nitrogen functional groups attached to an aromatic ring is 1. The van der Waals surface area contributed by atoms with Crippen LogP contribution in [-0.4, -0.2) is 50.6 Å². The molecular formula is C23H23FN6O5. The molecular weight excluding hydrogens is 459 g/mol. The van der Waals surface area contributed by atoms with Gasteiger partial charge in [0.15, 0.2) is 11.4 Å². The number of esters is 1. The highest BCUT2D eigenvalue weighted by Crippen LogP contribution is 2.42. The molecule has 1 aromatic carbocycles. The SMILES string of the molecule is CC1(C(=O)OC2(C(N)=O)CC2)COC(c2nc(-c3ccc(F)cc3)c(-c3ccnc(N)n3)[nH]2)OC1. The fourth-order valence-electron chi connectivity index (χ4n) is 3.72. The van der Waals surface area contributed by atoms with Gasteiger partial charge in [0, 0.05) is 24.6 Å². The Hall–Kier alpha value is -3.90. The molecule has 1 aliphatic carbocycles. The monoisotopic (exact) mass is 482 g/mol. The number of aromatic nitrogens is 4. The molecule has 2 fully saturated rings. The fourth-order valence-corrected chi connectivity index (χ4v) is 3.72. The average molecular weight is 482 g/mol. The van der Waals surface area contributed by atoms with Gasteiger partial charge in [-0.25, -0.2) is 19.3 Å². The van der Waals surface area contributed by atoms with Gasteiger partial charge in [0.1, 0.15) is 11.2 Å². The van der Waals surface area contributed by atoms with Crippen LogP contribution in [0.1, 0.15) is 31.9 Å². The summed E-state index contributed by atoms with van der Waals surface area (Å²) in [6.07, 6.45) is 1.40. The van der Waals surface area contributed by atoms with Gasteiger partial charge in [-0.3, -0.25) is 9.59 Å². The quantitative estimate of drug-likeness (QED) is 0.444. The standard InChI is InChI=1S/C23H23FN6O5/c1-22(20(32)35-23(7-8-23)19(25)31)10-33-18(34-11-22)17-29-15(12-2-4-13(24)5-3-12)16(30-17)14-6-9-27-21(26)28-14/h2-6,9,18H,7-8,10-11H2,1H3,(H2,25,31)(H,29,30)(H2,26,27,28). The zero-order valence-electron chi connectivity index (χ0n) is 18.8. The van der Waals surface area contributed by atoms with Crippen molar-refractivity contribution in [1.82, 2.24) is 19.9 Å². The number of imidazole rings is 1. The van der Waals surface area contributed by atoms with E-state index in [0.717, 1.165) is 0 Å². The van der Waals surface area contributed by atoms with E-state index in [9.17, 15) is 14.0 Å². The molecule has 1 aliphatic heterocycles. The summed E-state index contributed by atoms with van der Waals surface area (Å²) in [6.45, 7) is 1.56. The van der Waals surface area contributed by atoms with Crippen molar-refractivity contribution in [2.24, 2.45) is 11.1 Å². The number of halogens is 1. The lowest BCUT2D eigenvalue weighted by atomic mass is 9.92. The second-order valence-electron chi connectivity index (χ2n) is 8.92. The summed E-state index contributed by atoms with van der Waals surface area (Å²) in [7, 11) is 0. The Bertz CT molecular complexity index is 1280. The minimum absolute atomic E-state index is 0.0340. The van der Waals surface area contributed by atoms with Gasteiger partial charge < -0.3 is 30.7 Å². The van der Waals surface area contributed by atoms with E-state index in [1.807, 2.05) is 0 Å². The first-order valence-corrected chi connectivity index (χ1v) is 10.9. The van der Waals surface area contributed by atoms with E-state index in [4.69, 9.17) is 25.7 Å². The van der Waals surface area contributed by atoms with Crippen LogP contribution >= 0.6 is 0 Å². The summed E-state index contributed by atoms with van der Waals surface area (Å²) in [4.78, 5) is 40.2.